The van der Waals surface area contributed by atoms with Crippen molar-refractivity contribution in [1.82, 2.24) is 9.97 Å². The van der Waals surface area contributed by atoms with E-state index < -0.39 is 0 Å². The van der Waals surface area contributed by atoms with Gasteiger partial charge in [0.25, 0.3) is 0 Å². The Kier molecular flexibility index (Phi) is 3.44. The van der Waals surface area contributed by atoms with E-state index in [-0.39, 0.29) is 0 Å². The third-order valence-electron chi connectivity index (χ3n) is 2.68. The average molecular weight is 215 g/mol. The highest BCUT2D eigenvalue weighted by Gasteiger charge is 2.10. The van der Waals surface area contributed by atoms with Crippen molar-refractivity contribution in [2.24, 2.45) is 4.99 Å². The van der Waals surface area contributed by atoms with Crippen LogP contribution in [0.2, 0.25) is 0 Å². The Morgan fingerprint density at radius 3 is 2.94 bits per heavy atom. The smallest absolute Gasteiger partial charge is 0.128 e. The molecule has 0 bridgehead atoms. The molecule has 2 heterocycles. The number of aliphatic imine (C=N–C) groups is 1. The van der Waals surface area contributed by atoms with Crippen LogP contribution in [0.5, 0.6) is 0 Å². The van der Waals surface area contributed by atoms with Crippen LogP contribution in [-0.4, -0.2) is 15.7 Å². The van der Waals surface area contributed by atoms with Gasteiger partial charge >= 0.3 is 0 Å². The third-order valence-corrected chi connectivity index (χ3v) is 2.68. The highest BCUT2D eigenvalue weighted by Crippen LogP contribution is 2.21. The van der Waals surface area contributed by atoms with Gasteiger partial charge in [-0.3, -0.25) is 4.99 Å². The Morgan fingerprint density at radius 1 is 1.38 bits per heavy atom. The number of aromatic nitrogens is 2. The second kappa shape index (κ2) is 5.01. The van der Waals surface area contributed by atoms with E-state index in [0.29, 0.717) is 0 Å². The lowest BCUT2D eigenvalue weighted by Crippen LogP contribution is -1.99. The van der Waals surface area contributed by atoms with Crippen LogP contribution in [-0.2, 0) is 6.42 Å². The molecule has 1 aliphatic heterocycles. The van der Waals surface area contributed by atoms with E-state index in [0.717, 1.165) is 36.5 Å². The van der Waals surface area contributed by atoms with Crippen LogP contribution in [0, 0.1) is 0 Å². The second-order valence-corrected chi connectivity index (χ2v) is 4.16. The van der Waals surface area contributed by atoms with Crippen LogP contribution in [0.15, 0.2) is 23.5 Å². The number of hydrogen-bond acceptors (Lipinski definition) is 3. The van der Waals surface area contributed by atoms with Crippen molar-refractivity contribution in [2.75, 3.05) is 0 Å². The summed E-state index contributed by atoms with van der Waals surface area (Å²) in [5, 5.41) is 0. The highest BCUT2D eigenvalue weighted by molar-refractivity contribution is 5.96. The van der Waals surface area contributed by atoms with Gasteiger partial charge in [0, 0.05) is 36.5 Å². The molecule has 0 aliphatic carbocycles. The number of aryl methyl sites for hydroxylation is 1. The van der Waals surface area contributed by atoms with Crippen molar-refractivity contribution in [3.63, 3.8) is 0 Å². The molecule has 0 amide bonds. The molecular weight excluding hydrogens is 198 g/mol. The lowest BCUT2D eigenvalue weighted by Gasteiger charge is -2.03. The maximum absolute atomic E-state index is 4.57. The molecular formula is C13H17N3. The summed E-state index contributed by atoms with van der Waals surface area (Å²) in [6, 6.07) is 1.97. The number of hydrogen-bond donors (Lipinski definition) is 0. The molecule has 0 unspecified atom stereocenters. The maximum Gasteiger partial charge on any atom is 0.128 e. The van der Waals surface area contributed by atoms with Gasteiger partial charge in [-0.05, 0) is 19.4 Å². The molecule has 2 rings (SSSR count). The summed E-state index contributed by atoms with van der Waals surface area (Å²) in [4.78, 5) is 13.1. The number of unbranched alkanes of at least 4 members (excludes halogenated alkanes) is 1. The van der Waals surface area contributed by atoms with Gasteiger partial charge < -0.3 is 0 Å². The first kappa shape index (κ1) is 11.0. The average Bonchev–Trinajstić information content (AvgIpc) is 2.74. The molecule has 0 saturated heterocycles. The van der Waals surface area contributed by atoms with E-state index >= 15 is 0 Å². The summed E-state index contributed by atoms with van der Waals surface area (Å²) in [5.74, 6) is 0.949. The zero-order chi connectivity index (χ0) is 11.4. The van der Waals surface area contributed by atoms with E-state index in [4.69, 9.17) is 0 Å². The highest BCUT2D eigenvalue weighted by atomic mass is 14.9. The first-order valence-corrected chi connectivity index (χ1v) is 5.84. The van der Waals surface area contributed by atoms with Gasteiger partial charge in [0.1, 0.15) is 5.82 Å². The Labute approximate surface area is 96.4 Å². The van der Waals surface area contributed by atoms with Gasteiger partial charge in [-0.2, -0.15) is 0 Å². The number of allylic oxidation sites excluding steroid dienone is 1. The van der Waals surface area contributed by atoms with Crippen LogP contribution < -0.4 is 0 Å². The summed E-state index contributed by atoms with van der Waals surface area (Å²) >= 11 is 0. The molecule has 0 aromatic carbocycles. The Hall–Kier alpha value is -1.51. The van der Waals surface area contributed by atoms with E-state index in [1.807, 2.05) is 25.4 Å². The van der Waals surface area contributed by atoms with Gasteiger partial charge in [0.15, 0.2) is 0 Å². The molecule has 0 atom stereocenters. The fraction of sp³-hybridized carbons (Fsp3) is 0.462. The Morgan fingerprint density at radius 2 is 2.25 bits per heavy atom. The van der Waals surface area contributed by atoms with E-state index in [9.17, 15) is 0 Å². The minimum atomic E-state index is 0.921. The van der Waals surface area contributed by atoms with E-state index in [1.54, 1.807) is 0 Å². The van der Waals surface area contributed by atoms with Gasteiger partial charge in [-0.25, -0.2) is 9.97 Å². The standard InChI is InChI=1S/C13H17N3/c1-3-4-5-13-14-7-6-12(16-13)11-8-10(2)15-9-11/h6-7,9H,3-5,8H2,1-2H3. The zero-order valence-electron chi connectivity index (χ0n) is 9.90. The first-order chi connectivity index (χ1) is 7.79. The van der Waals surface area contributed by atoms with Crippen LogP contribution in [0.1, 0.15) is 44.6 Å². The fourth-order valence-electron chi connectivity index (χ4n) is 1.74. The molecule has 84 valence electrons. The quantitative estimate of drug-likeness (QED) is 0.774. The maximum atomic E-state index is 4.57. The van der Waals surface area contributed by atoms with Gasteiger partial charge in [-0.1, -0.05) is 13.3 Å². The predicted molar refractivity (Wildman–Crippen MR) is 66.3 cm³/mol. The van der Waals surface area contributed by atoms with Crippen LogP contribution in [0.25, 0.3) is 5.57 Å². The zero-order valence-corrected chi connectivity index (χ0v) is 9.90. The third kappa shape index (κ3) is 2.54. The summed E-state index contributed by atoms with van der Waals surface area (Å²) in [5.41, 5.74) is 3.39. The van der Waals surface area contributed by atoms with Crippen molar-refractivity contribution < 1.29 is 0 Å². The fourth-order valence-corrected chi connectivity index (χ4v) is 1.74. The SMILES string of the molecule is CCCCc1nccc(C2=CN=C(C)C2)n1. The topological polar surface area (TPSA) is 38.1 Å². The number of nitrogens with zero attached hydrogens (tertiary/aromatic N) is 3. The molecule has 1 aromatic rings. The molecule has 0 N–H and O–H groups in total. The van der Waals surface area contributed by atoms with Crippen molar-refractivity contribution in [1.29, 1.82) is 0 Å². The van der Waals surface area contributed by atoms with Crippen LogP contribution in [0.4, 0.5) is 0 Å². The second-order valence-electron chi connectivity index (χ2n) is 4.16. The van der Waals surface area contributed by atoms with Crippen molar-refractivity contribution in [3.05, 3.63) is 30.0 Å². The summed E-state index contributed by atoms with van der Waals surface area (Å²) in [6.07, 6.45) is 7.99. The molecule has 0 saturated carbocycles. The minimum Gasteiger partial charge on any atom is -0.265 e. The van der Waals surface area contributed by atoms with Crippen molar-refractivity contribution in [2.45, 2.75) is 39.5 Å². The van der Waals surface area contributed by atoms with E-state index in [2.05, 4.69) is 21.9 Å². The van der Waals surface area contributed by atoms with Gasteiger partial charge in [0.05, 0.1) is 5.69 Å². The number of rotatable bonds is 4. The summed E-state index contributed by atoms with van der Waals surface area (Å²) in [7, 11) is 0. The predicted octanol–water partition coefficient (Wildman–Crippen LogP) is 3.02. The van der Waals surface area contributed by atoms with E-state index in [1.165, 1.54) is 12.0 Å². The van der Waals surface area contributed by atoms with Crippen molar-refractivity contribution in [3.8, 4) is 0 Å². The minimum absolute atomic E-state index is 0.921. The molecule has 0 fully saturated rings. The lowest BCUT2D eigenvalue weighted by atomic mass is 10.1. The van der Waals surface area contributed by atoms with Gasteiger partial charge in [0.2, 0.25) is 0 Å². The largest absolute Gasteiger partial charge is 0.265 e. The normalized spacial score (nSPS) is 14.9. The Bertz CT molecular complexity index is 433. The molecule has 1 aliphatic rings. The lowest BCUT2D eigenvalue weighted by molar-refractivity contribution is 0.750. The van der Waals surface area contributed by atoms with Gasteiger partial charge in [-0.15, -0.1) is 0 Å². The molecule has 1 aromatic heterocycles. The van der Waals surface area contributed by atoms with Crippen molar-refractivity contribution >= 4 is 11.3 Å². The van der Waals surface area contributed by atoms with Crippen LogP contribution >= 0.6 is 0 Å². The Balaban J connectivity index is 2.11. The molecule has 3 heteroatoms. The first-order valence-electron chi connectivity index (χ1n) is 5.84. The molecule has 3 nitrogen and oxygen atoms in total. The summed E-state index contributed by atoms with van der Waals surface area (Å²) in [6.45, 7) is 4.23. The molecule has 0 radical (unpaired) electrons. The monoisotopic (exact) mass is 215 g/mol. The summed E-state index contributed by atoms with van der Waals surface area (Å²) < 4.78 is 0. The molecule has 0 spiro atoms. The molecule has 16 heavy (non-hydrogen) atoms. The van der Waals surface area contributed by atoms with Crippen LogP contribution in [0.3, 0.4) is 0 Å².